The van der Waals surface area contributed by atoms with Gasteiger partial charge in [-0.15, -0.1) is 0 Å². The Labute approximate surface area is 181 Å². The summed E-state index contributed by atoms with van der Waals surface area (Å²) in [4.78, 5) is 15.2. The van der Waals surface area contributed by atoms with Crippen LogP contribution in [0, 0.1) is 0 Å². The number of H-pyrrole nitrogens is 1. The first-order valence-corrected chi connectivity index (χ1v) is 10.5. The van der Waals surface area contributed by atoms with Gasteiger partial charge < -0.3 is 20.1 Å². The number of aromatic nitrogens is 2. The van der Waals surface area contributed by atoms with E-state index in [2.05, 4.69) is 32.5 Å². The van der Waals surface area contributed by atoms with Crippen LogP contribution in [0.3, 0.4) is 0 Å². The highest BCUT2D eigenvalue weighted by molar-refractivity contribution is 5.98. The van der Waals surface area contributed by atoms with Crippen molar-refractivity contribution < 1.29 is 14.6 Å². The number of rotatable bonds is 5. The molecule has 7 nitrogen and oxygen atoms in total. The lowest BCUT2D eigenvalue weighted by Crippen LogP contribution is -2.50. The molecule has 1 fully saturated rings. The zero-order valence-corrected chi connectivity index (χ0v) is 17.7. The molecular weight excluding hydrogens is 392 g/mol. The molecule has 1 amide bonds. The van der Waals surface area contributed by atoms with Crippen LogP contribution in [-0.4, -0.2) is 45.5 Å². The van der Waals surface area contributed by atoms with Gasteiger partial charge in [-0.1, -0.05) is 18.2 Å². The smallest absolute Gasteiger partial charge is 0.246 e. The lowest BCUT2D eigenvalue weighted by Gasteiger charge is -2.35. The number of amides is 1. The number of carbonyl (C=O) groups is 1. The third-order valence-corrected chi connectivity index (χ3v) is 6.00. The molecule has 1 unspecified atom stereocenters. The summed E-state index contributed by atoms with van der Waals surface area (Å²) >= 11 is 0. The van der Waals surface area contributed by atoms with E-state index in [0.29, 0.717) is 18.7 Å². The minimum absolute atomic E-state index is 0.0570. The lowest BCUT2D eigenvalue weighted by atomic mass is 9.92. The van der Waals surface area contributed by atoms with Gasteiger partial charge in [0.05, 0.1) is 11.8 Å². The topological polar surface area (TPSA) is 90.5 Å². The van der Waals surface area contributed by atoms with Crippen LogP contribution in [0.4, 0.5) is 11.4 Å². The van der Waals surface area contributed by atoms with Crippen LogP contribution >= 0.6 is 0 Å². The number of nitrogens with one attached hydrogen (secondary N) is 2. The van der Waals surface area contributed by atoms with Crippen LogP contribution in [0.25, 0.3) is 11.1 Å². The number of ether oxygens (including phenoxy) is 1. The van der Waals surface area contributed by atoms with Crippen molar-refractivity contribution in [2.24, 2.45) is 0 Å². The van der Waals surface area contributed by atoms with Crippen LogP contribution in [0.15, 0.2) is 54.9 Å². The predicted octanol–water partition coefficient (Wildman–Crippen LogP) is 3.18. The fourth-order valence-electron chi connectivity index (χ4n) is 4.52. The fourth-order valence-corrected chi connectivity index (χ4v) is 4.52. The summed E-state index contributed by atoms with van der Waals surface area (Å²) in [6.45, 7) is 4.29. The van der Waals surface area contributed by atoms with E-state index in [-0.39, 0.29) is 12.5 Å². The largest absolute Gasteiger partial charge is 0.491 e. The number of hydrogen-bond acceptors (Lipinski definition) is 5. The summed E-state index contributed by atoms with van der Waals surface area (Å²) in [5.41, 5.74) is 3.58. The molecule has 160 valence electrons. The van der Waals surface area contributed by atoms with Crippen LogP contribution in [0.5, 0.6) is 5.75 Å². The summed E-state index contributed by atoms with van der Waals surface area (Å²) in [5.74, 6) is 0.734. The second-order valence-electron chi connectivity index (χ2n) is 8.98. The third-order valence-electron chi connectivity index (χ3n) is 6.00. The average molecular weight is 418 g/mol. The first-order chi connectivity index (χ1) is 14.9. The second kappa shape index (κ2) is 7.13. The van der Waals surface area contributed by atoms with E-state index in [0.717, 1.165) is 34.5 Å². The summed E-state index contributed by atoms with van der Waals surface area (Å²) in [7, 11) is 0. The number of aliphatic hydroxyl groups is 1. The maximum absolute atomic E-state index is 13.0. The molecule has 2 aromatic carbocycles. The minimum Gasteiger partial charge on any atom is -0.491 e. The molecule has 3 N–H and O–H groups in total. The van der Waals surface area contributed by atoms with Crippen molar-refractivity contribution >= 4 is 17.3 Å². The first kappa shape index (κ1) is 19.6. The summed E-state index contributed by atoms with van der Waals surface area (Å²) in [6.07, 6.45) is 5.05. The Hall–Kier alpha value is -3.32. The molecule has 0 saturated carbocycles. The van der Waals surface area contributed by atoms with Crippen LogP contribution in [0.2, 0.25) is 0 Å². The molecule has 1 saturated heterocycles. The standard InChI is InChI=1S/C24H26N4O3/c1-23(2,30)15-31-20-8-5-17-12-24(9-10-25-22(24)29)28(21(17)11-20)19-6-3-16(4-7-19)18-13-26-27-14-18/h3-8,11,13-14,30H,9-10,12,15H2,1-2H3,(H,25,29)(H,26,27). The quantitative estimate of drug-likeness (QED) is 0.592. The summed E-state index contributed by atoms with van der Waals surface area (Å²) in [5, 5.41) is 19.9. The maximum Gasteiger partial charge on any atom is 0.246 e. The van der Waals surface area contributed by atoms with E-state index in [1.54, 1.807) is 20.0 Å². The van der Waals surface area contributed by atoms with Crippen molar-refractivity contribution in [2.75, 3.05) is 18.1 Å². The molecular formula is C24H26N4O3. The van der Waals surface area contributed by atoms with Gasteiger partial charge in [-0.25, -0.2) is 0 Å². The molecule has 5 rings (SSSR count). The highest BCUT2D eigenvalue weighted by Crippen LogP contribution is 2.48. The normalized spacial score (nSPS) is 20.2. The van der Waals surface area contributed by atoms with E-state index >= 15 is 0 Å². The minimum atomic E-state index is -0.922. The van der Waals surface area contributed by atoms with E-state index < -0.39 is 11.1 Å². The van der Waals surface area contributed by atoms with Crippen molar-refractivity contribution in [1.29, 1.82) is 0 Å². The van der Waals surface area contributed by atoms with E-state index in [9.17, 15) is 9.90 Å². The first-order valence-electron chi connectivity index (χ1n) is 10.5. The van der Waals surface area contributed by atoms with Gasteiger partial charge in [0, 0.05) is 42.2 Å². The molecule has 31 heavy (non-hydrogen) atoms. The molecule has 0 bridgehead atoms. The van der Waals surface area contributed by atoms with Crippen molar-refractivity contribution in [2.45, 2.75) is 37.8 Å². The second-order valence-corrected chi connectivity index (χ2v) is 8.98. The van der Waals surface area contributed by atoms with Gasteiger partial charge in [0.1, 0.15) is 17.9 Å². The van der Waals surface area contributed by atoms with E-state index in [4.69, 9.17) is 4.74 Å². The third kappa shape index (κ3) is 3.45. The maximum atomic E-state index is 13.0. The number of fused-ring (bicyclic) bond motifs is 1. The Balaban J connectivity index is 1.54. The summed E-state index contributed by atoms with van der Waals surface area (Å²) in [6, 6.07) is 14.1. The van der Waals surface area contributed by atoms with Crippen LogP contribution < -0.4 is 15.0 Å². The molecule has 2 aliphatic rings. The Morgan fingerprint density at radius 3 is 2.65 bits per heavy atom. The van der Waals surface area contributed by atoms with Crippen LogP contribution in [0.1, 0.15) is 25.8 Å². The number of carbonyl (C=O) groups excluding carboxylic acids is 1. The average Bonchev–Trinajstić information content (AvgIpc) is 3.46. The highest BCUT2D eigenvalue weighted by Gasteiger charge is 2.52. The van der Waals surface area contributed by atoms with Gasteiger partial charge in [0.15, 0.2) is 0 Å². The summed E-state index contributed by atoms with van der Waals surface area (Å²) < 4.78 is 5.84. The fraction of sp³-hybridized carbons (Fsp3) is 0.333. The van der Waals surface area contributed by atoms with Gasteiger partial charge >= 0.3 is 0 Å². The lowest BCUT2D eigenvalue weighted by molar-refractivity contribution is -0.123. The van der Waals surface area contributed by atoms with Crippen molar-refractivity contribution in [3.63, 3.8) is 0 Å². The monoisotopic (exact) mass is 418 g/mol. The van der Waals surface area contributed by atoms with E-state index in [1.807, 2.05) is 36.5 Å². The molecule has 7 heteroatoms. The molecule has 3 aromatic rings. The molecule has 3 heterocycles. The van der Waals surface area contributed by atoms with Crippen LogP contribution in [-0.2, 0) is 11.2 Å². The number of aromatic amines is 1. The number of nitrogens with zero attached hydrogens (tertiary/aromatic N) is 2. The zero-order valence-electron chi connectivity index (χ0n) is 17.7. The molecule has 1 aromatic heterocycles. The number of hydrogen-bond donors (Lipinski definition) is 3. The molecule has 0 radical (unpaired) electrons. The van der Waals surface area contributed by atoms with Crippen molar-refractivity contribution in [1.82, 2.24) is 15.5 Å². The van der Waals surface area contributed by atoms with E-state index in [1.165, 1.54) is 0 Å². The van der Waals surface area contributed by atoms with Gasteiger partial charge in [0.2, 0.25) is 5.91 Å². The Bertz CT molecular complexity index is 1100. The number of anilines is 2. The Morgan fingerprint density at radius 1 is 1.19 bits per heavy atom. The van der Waals surface area contributed by atoms with Gasteiger partial charge in [-0.2, -0.15) is 5.10 Å². The Kier molecular flexibility index (Phi) is 4.51. The van der Waals surface area contributed by atoms with Gasteiger partial charge in [-0.3, -0.25) is 9.89 Å². The molecule has 1 atom stereocenters. The van der Waals surface area contributed by atoms with Crippen molar-refractivity contribution in [3.8, 4) is 16.9 Å². The number of benzene rings is 2. The molecule has 1 spiro atoms. The highest BCUT2D eigenvalue weighted by atomic mass is 16.5. The molecule has 0 aliphatic carbocycles. The zero-order chi connectivity index (χ0) is 21.6. The predicted molar refractivity (Wildman–Crippen MR) is 118 cm³/mol. The van der Waals surface area contributed by atoms with Gasteiger partial charge in [0.25, 0.3) is 0 Å². The SMILES string of the molecule is CC(C)(O)COc1ccc2c(c1)N(c1ccc(-c3cn[nH]c3)cc1)C1(CCNC1=O)C2. The van der Waals surface area contributed by atoms with Gasteiger partial charge in [-0.05, 0) is 49.6 Å². The Morgan fingerprint density at radius 2 is 2.00 bits per heavy atom. The van der Waals surface area contributed by atoms with Crippen molar-refractivity contribution in [3.05, 3.63) is 60.4 Å². The molecule has 2 aliphatic heterocycles.